The van der Waals surface area contributed by atoms with Gasteiger partial charge in [0.25, 0.3) is 0 Å². The largest absolute Gasteiger partial charge is 0.352 e. The summed E-state index contributed by atoms with van der Waals surface area (Å²) in [5.41, 5.74) is 2.84. The molecule has 4 rings (SSSR count). The van der Waals surface area contributed by atoms with E-state index in [0.29, 0.717) is 13.1 Å². The lowest BCUT2D eigenvalue weighted by molar-refractivity contribution is -0.125. The van der Waals surface area contributed by atoms with Crippen LogP contribution in [0.4, 0.5) is 5.69 Å². The van der Waals surface area contributed by atoms with Crippen LogP contribution >= 0.6 is 11.8 Å². The maximum atomic E-state index is 12.7. The third-order valence-corrected chi connectivity index (χ3v) is 5.86. The summed E-state index contributed by atoms with van der Waals surface area (Å²) in [5.74, 6) is 0.734. The Kier molecular flexibility index (Phi) is 5.95. The van der Waals surface area contributed by atoms with E-state index in [-0.39, 0.29) is 24.7 Å². The lowest BCUT2D eigenvalue weighted by atomic mass is 10.1. The van der Waals surface area contributed by atoms with Crippen LogP contribution in [0.2, 0.25) is 0 Å². The third-order valence-electron chi connectivity index (χ3n) is 4.81. The van der Waals surface area contributed by atoms with Crippen LogP contribution in [0.3, 0.4) is 0 Å². The second-order valence-electron chi connectivity index (χ2n) is 6.72. The van der Waals surface area contributed by atoms with E-state index in [1.807, 2.05) is 60.8 Å². The van der Waals surface area contributed by atoms with Gasteiger partial charge in [-0.3, -0.25) is 9.59 Å². The van der Waals surface area contributed by atoms with E-state index in [4.69, 9.17) is 0 Å². The smallest absolute Gasteiger partial charge is 0.227 e. The molecule has 6 nitrogen and oxygen atoms in total. The normalized spacial score (nSPS) is 13.0. The zero-order chi connectivity index (χ0) is 20.1. The summed E-state index contributed by atoms with van der Waals surface area (Å²) in [4.78, 5) is 27.9. The lowest BCUT2D eigenvalue weighted by Gasteiger charge is -2.29. The highest BCUT2D eigenvalue weighted by Gasteiger charge is 2.22. The fourth-order valence-electron chi connectivity index (χ4n) is 3.36. The number of para-hydroxylation sites is 2. The van der Waals surface area contributed by atoms with Gasteiger partial charge in [-0.25, -0.2) is 4.68 Å². The first-order valence-electron chi connectivity index (χ1n) is 9.59. The molecule has 0 aliphatic carbocycles. The van der Waals surface area contributed by atoms with Crippen molar-refractivity contribution < 1.29 is 9.59 Å². The monoisotopic (exact) mass is 406 g/mol. The summed E-state index contributed by atoms with van der Waals surface area (Å²) in [6, 6.07) is 17.6. The molecule has 0 fully saturated rings. The highest BCUT2D eigenvalue weighted by atomic mass is 32.2. The third kappa shape index (κ3) is 4.51. The number of rotatable bonds is 6. The molecule has 2 amide bonds. The van der Waals surface area contributed by atoms with Crippen LogP contribution < -0.4 is 10.2 Å². The van der Waals surface area contributed by atoms with Gasteiger partial charge in [-0.1, -0.05) is 30.3 Å². The van der Waals surface area contributed by atoms with Crippen LogP contribution in [0.15, 0.2) is 71.9 Å². The second-order valence-corrected chi connectivity index (χ2v) is 7.85. The number of aromatic nitrogens is 2. The number of nitrogens with zero attached hydrogens (tertiary/aromatic N) is 3. The van der Waals surface area contributed by atoms with Crippen molar-refractivity contribution >= 4 is 29.3 Å². The van der Waals surface area contributed by atoms with E-state index in [0.717, 1.165) is 27.6 Å². The molecule has 0 saturated heterocycles. The zero-order valence-corrected chi connectivity index (χ0v) is 16.8. The Morgan fingerprint density at radius 1 is 1.00 bits per heavy atom. The van der Waals surface area contributed by atoms with Gasteiger partial charge >= 0.3 is 0 Å². The Bertz CT molecular complexity index is 1000. The molecule has 7 heteroatoms. The lowest BCUT2D eigenvalue weighted by Crippen LogP contribution is -2.36. The molecule has 0 saturated carbocycles. The average Bonchev–Trinajstić information content (AvgIpc) is 3.30. The van der Waals surface area contributed by atoms with Gasteiger partial charge in [0.2, 0.25) is 11.8 Å². The maximum absolute atomic E-state index is 12.7. The number of nitrogens with one attached hydrogen (secondary N) is 1. The number of thioether (sulfide) groups is 1. The number of carbonyl (C=O) groups is 2. The highest BCUT2D eigenvalue weighted by molar-refractivity contribution is 7.99. The number of anilines is 1. The number of carbonyl (C=O) groups excluding carboxylic acids is 2. The zero-order valence-electron chi connectivity index (χ0n) is 16.0. The minimum absolute atomic E-state index is 0.00941. The number of fused-ring (bicyclic) bond motifs is 1. The van der Waals surface area contributed by atoms with Gasteiger partial charge in [0.05, 0.1) is 11.4 Å². The van der Waals surface area contributed by atoms with Crippen molar-refractivity contribution in [1.82, 2.24) is 15.1 Å². The molecule has 1 N–H and O–H groups in total. The number of hydrogen-bond donors (Lipinski definition) is 1. The van der Waals surface area contributed by atoms with Crippen LogP contribution in [0, 0.1) is 0 Å². The standard InChI is InChI=1S/C22H22N4O2S/c27-21(23-16-17-6-1-2-7-18(17)26-13-5-12-24-26)10-11-22(28)25-14-15-29-20-9-4-3-8-19(20)25/h1-9,12-13H,10-11,14-16H2,(H,23,27). The van der Waals surface area contributed by atoms with E-state index in [1.165, 1.54) is 0 Å². The Labute approximate surface area is 173 Å². The van der Waals surface area contributed by atoms with E-state index in [2.05, 4.69) is 10.4 Å². The predicted molar refractivity (Wildman–Crippen MR) is 114 cm³/mol. The molecule has 2 heterocycles. The van der Waals surface area contributed by atoms with Crippen LogP contribution in [0.1, 0.15) is 18.4 Å². The highest BCUT2D eigenvalue weighted by Crippen LogP contribution is 2.34. The molecule has 1 aromatic heterocycles. The molecule has 0 bridgehead atoms. The number of benzene rings is 2. The second kappa shape index (κ2) is 8.96. The SMILES string of the molecule is O=C(CCC(=O)N1CCSc2ccccc21)NCc1ccccc1-n1cccn1. The fourth-order valence-corrected chi connectivity index (χ4v) is 4.36. The van der Waals surface area contributed by atoms with Gasteiger partial charge in [-0.2, -0.15) is 5.10 Å². The Morgan fingerprint density at radius 3 is 2.62 bits per heavy atom. The molecule has 1 aliphatic rings. The first kappa shape index (κ1) is 19.3. The van der Waals surface area contributed by atoms with Crippen molar-refractivity contribution in [3.8, 4) is 5.69 Å². The molecule has 29 heavy (non-hydrogen) atoms. The topological polar surface area (TPSA) is 67.2 Å². The van der Waals surface area contributed by atoms with Crippen molar-refractivity contribution in [2.24, 2.45) is 0 Å². The molecule has 1 aliphatic heterocycles. The first-order chi connectivity index (χ1) is 14.2. The molecule has 148 valence electrons. The first-order valence-corrected chi connectivity index (χ1v) is 10.6. The molecule has 0 spiro atoms. The van der Waals surface area contributed by atoms with Gasteiger partial charge < -0.3 is 10.2 Å². The summed E-state index contributed by atoms with van der Waals surface area (Å²) < 4.78 is 1.77. The van der Waals surface area contributed by atoms with Crippen LogP contribution in [0.5, 0.6) is 0 Å². The van der Waals surface area contributed by atoms with Crippen LogP contribution in [-0.2, 0) is 16.1 Å². The minimum atomic E-state index is -0.131. The van der Waals surface area contributed by atoms with Gasteiger partial charge in [-0.15, -0.1) is 11.8 Å². The molecule has 0 radical (unpaired) electrons. The van der Waals surface area contributed by atoms with Gasteiger partial charge in [0.15, 0.2) is 0 Å². The van der Waals surface area contributed by atoms with Crippen molar-refractivity contribution in [3.05, 3.63) is 72.6 Å². The minimum Gasteiger partial charge on any atom is -0.352 e. The molecule has 0 atom stereocenters. The van der Waals surface area contributed by atoms with E-state index in [1.54, 1.807) is 27.5 Å². The van der Waals surface area contributed by atoms with Crippen molar-refractivity contribution in [1.29, 1.82) is 0 Å². The Morgan fingerprint density at radius 2 is 1.79 bits per heavy atom. The fraction of sp³-hybridized carbons (Fsp3) is 0.227. The molecule has 0 unspecified atom stereocenters. The van der Waals surface area contributed by atoms with Gasteiger partial charge in [0.1, 0.15) is 0 Å². The van der Waals surface area contributed by atoms with Crippen molar-refractivity contribution in [2.75, 3.05) is 17.2 Å². The summed E-state index contributed by atoms with van der Waals surface area (Å²) in [6.45, 7) is 1.08. The van der Waals surface area contributed by atoms with E-state index < -0.39 is 0 Å². The summed E-state index contributed by atoms with van der Waals surface area (Å²) in [5, 5.41) is 7.18. The molecule has 2 aromatic carbocycles. The van der Waals surface area contributed by atoms with Gasteiger partial charge in [-0.05, 0) is 29.8 Å². The van der Waals surface area contributed by atoms with Crippen LogP contribution in [0.25, 0.3) is 5.69 Å². The summed E-state index contributed by atoms with van der Waals surface area (Å²) in [6.07, 6.45) is 3.96. The molecular formula is C22H22N4O2S. The van der Waals surface area contributed by atoms with E-state index in [9.17, 15) is 9.59 Å². The number of amides is 2. The molecular weight excluding hydrogens is 384 g/mol. The maximum Gasteiger partial charge on any atom is 0.227 e. The predicted octanol–water partition coefficient (Wildman–Crippen LogP) is 3.41. The summed E-state index contributed by atoms with van der Waals surface area (Å²) >= 11 is 1.76. The summed E-state index contributed by atoms with van der Waals surface area (Å²) in [7, 11) is 0. The van der Waals surface area contributed by atoms with Crippen LogP contribution in [-0.4, -0.2) is 33.9 Å². The van der Waals surface area contributed by atoms with Crippen molar-refractivity contribution in [3.63, 3.8) is 0 Å². The molecule has 3 aromatic rings. The number of hydrogen-bond acceptors (Lipinski definition) is 4. The average molecular weight is 407 g/mol. The Balaban J connectivity index is 1.32. The van der Waals surface area contributed by atoms with Crippen molar-refractivity contribution in [2.45, 2.75) is 24.3 Å². The quantitative estimate of drug-likeness (QED) is 0.681. The van der Waals surface area contributed by atoms with E-state index >= 15 is 0 Å². The Hall–Kier alpha value is -3.06. The van der Waals surface area contributed by atoms with Gasteiger partial charge in [0, 0.05) is 49.0 Å².